The van der Waals surface area contributed by atoms with Gasteiger partial charge in [-0.25, -0.2) is 0 Å². The maximum atomic E-state index is 11.0. The number of ether oxygens (including phenoxy) is 1. The van der Waals surface area contributed by atoms with Crippen molar-refractivity contribution in [2.45, 2.75) is 20.8 Å². The number of hydrogen-bond donors (Lipinski definition) is 2. The highest BCUT2D eigenvalue weighted by atomic mass is 16.5. The molecule has 0 saturated heterocycles. The topological polar surface area (TPSA) is 58.6 Å². The number of rotatable bonds is 7. The molecule has 4 nitrogen and oxygen atoms in total. The van der Waals surface area contributed by atoms with E-state index in [1.54, 1.807) is 0 Å². The van der Waals surface area contributed by atoms with Crippen molar-refractivity contribution in [1.82, 2.24) is 0 Å². The molecule has 0 aliphatic carbocycles. The number of benzene rings is 1. The Morgan fingerprint density at radius 2 is 1.94 bits per heavy atom. The van der Waals surface area contributed by atoms with Crippen LogP contribution in [0.3, 0.4) is 0 Å². The van der Waals surface area contributed by atoms with E-state index in [1.165, 1.54) is 0 Å². The summed E-state index contributed by atoms with van der Waals surface area (Å²) in [6, 6.07) is 7.53. The zero-order valence-corrected chi connectivity index (χ0v) is 11.1. The average molecular weight is 251 g/mol. The molecule has 0 amide bonds. The smallest absolute Gasteiger partial charge is 0.308 e. The van der Waals surface area contributed by atoms with E-state index in [-0.39, 0.29) is 11.8 Å². The standard InChI is InChI=1S/C14H21NO3/c1-4-18-12-7-5-11(6-8-12)15-9-13(10(2)3)14(16)17/h5-8,10,13,15H,4,9H2,1-3H3,(H,16,17). The third-order valence-corrected chi connectivity index (χ3v) is 2.81. The molecule has 0 radical (unpaired) electrons. The predicted molar refractivity (Wildman–Crippen MR) is 72.1 cm³/mol. The van der Waals surface area contributed by atoms with Crippen LogP contribution in [0.2, 0.25) is 0 Å². The van der Waals surface area contributed by atoms with Gasteiger partial charge in [-0.05, 0) is 37.1 Å². The molecule has 1 aromatic rings. The minimum Gasteiger partial charge on any atom is -0.494 e. The zero-order chi connectivity index (χ0) is 13.5. The normalized spacial score (nSPS) is 12.2. The second-order valence-corrected chi connectivity index (χ2v) is 4.53. The molecular weight excluding hydrogens is 230 g/mol. The van der Waals surface area contributed by atoms with Crippen LogP contribution in [-0.2, 0) is 4.79 Å². The van der Waals surface area contributed by atoms with Crippen molar-refractivity contribution < 1.29 is 14.6 Å². The van der Waals surface area contributed by atoms with Crippen LogP contribution in [0, 0.1) is 11.8 Å². The van der Waals surface area contributed by atoms with Gasteiger partial charge >= 0.3 is 5.97 Å². The number of carboxylic acids is 1. The van der Waals surface area contributed by atoms with E-state index in [1.807, 2.05) is 45.0 Å². The predicted octanol–water partition coefficient (Wildman–Crippen LogP) is 2.85. The zero-order valence-electron chi connectivity index (χ0n) is 11.1. The van der Waals surface area contributed by atoms with Crippen molar-refractivity contribution in [3.63, 3.8) is 0 Å². The third kappa shape index (κ3) is 4.28. The fraction of sp³-hybridized carbons (Fsp3) is 0.500. The Bertz CT molecular complexity index is 373. The maximum absolute atomic E-state index is 11.0. The first-order valence-electron chi connectivity index (χ1n) is 6.24. The first-order valence-corrected chi connectivity index (χ1v) is 6.24. The highest BCUT2D eigenvalue weighted by Crippen LogP contribution is 2.17. The summed E-state index contributed by atoms with van der Waals surface area (Å²) in [4.78, 5) is 11.0. The fourth-order valence-electron chi connectivity index (χ4n) is 1.67. The second-order valence-electron chi connectivity index (χ2n) is 4.53. The number of nitrogens with one attached hydrogen (secondary N) is 1. The van der Waals surface area contributed by atoms with Crippen molar-refractivity contribution in [3.05, 3.63) is 24.3 Å². The molecule has 0 fully saturated rings. The van der Waals surface area contributed by atoms with Crippen molar-refractivity contribution in [3.8, 4) is 5.75 Å². The van der Waals surface area contributed by atoms with Crippen LogP contribution in [0.1, 0.15) is 20.8 Å². The third-order valence-electron chi connectivity index (χ3n) is 2.81. The number of carbonyl (C=O) groups is 1. The molecule has 1 atom stereocenters. The van der Waals surface area contributed by atoms with E-state index in [0.29, 0.717) is 13.2 Å². The van der Waals surface area contributed by atoms with Gasteiger partial charge in [-0.2, -0.15) is 0 Å². The summed E-state index contributed by atoms with van der Waals surface area (Å²) in [6.45, 7) is 6.84. The van der Waals surface area contributed by atoms with Crippen LogP contribution in [0.15, 0.2) is 24.3 Å². The Morgan fingerprint density at radius 1 is 1.33 bits per heavy atom. The number of anilines is 1. The monoisotopic (exact) mass is 251 g/mol. The van der Waals surface area contributed by atoms with E-state index >= 15 is 0 Å². The molecule has 0 bridgehead atoms. The van der Waals surface area contributed by atoms with Gasteiger partial charge in [0, 0.05) is 12.2 Å². The minimum atomic E-state index is -0.761. The molecular formula is C14H21NO3. The molecule has 4 heteroatoms. The van der Waals surface area contributed by atoms with E-state index in [2.05, 4.69) is 5.32 Å². The molecule has 18 heavy (non-hydrogen) atoms. The molecule has 0 aliphatic heterocycles. The van der Waals surface area contributed by atoms with Crippen LogP contribution in [0.4, 0.5) is 5.69 Å². The Kier molecular flexibility index (Phi) is 5.49. The van der Waals surface area contributed by atoms with Crippen LogP contribution in [0.5, 0.6) is 5.75 Å². The lowest BCUT2D eigenvalue weighted by molar-refractivity contribution is -0.142. The Labute approximate surface area is 108 Å². The Balaban J connectivity index is 2.54. The minimum absolute atomic E-state index is 0.109. The summed E-state index contributed by atoms with van der Waals surface area (Å²) in [5.74, 6) is -0.209. The number of carboxylic acid groups (broad SMARTS) is 1. The quantitative estimate of drug-likeness (QED) is 0.782. The SMILES string of the molecule is CCOc1ccc(NCC(C(=O)O)C(C)C)cc1. The molecule has 0 heterocycles. The summed E-state index contributed by atoms with van der Waals surface area (Å²) in [6.07, 6.45) is 0. The largest absolute Gasteiger partial charge is 0.494 e. The van der Waals surface area contributed by atoms with Gasteiger partial charge in [0.15, 0.2) is 0 Å². The first-order chi connectivity index (χ1) is 8.54. The van der Waals surface area contributed by atoms with E-state index < -0.39 is 5.97 Å². The van der Waals surface area contributed by atoms with Crippen molar-refractivity contribution in [2.75, 3.05) is 18.5 Å². The van der Waals surface area contributed by atoms with Gasteiger partial charge in [-0.3, -0.25) is 4.79 Å². The summed E-state index contributed by atoms with van der Waals surface area (Å²) in [5.41, 5.74) is 0.908. The van der Waals surface area contributed by atoms with Crippen LogP contribution in [-0.4, -0.2) is 24.2 Å². The number of aliphatic carboxylic acids is 1. The summed E-state index contributed by atoms with van der Waals surface area (Å²) >= 11 is 0. The lowest BCUT2D eigenvalue weighted by Crippen LogP contribution is -2.27. The lowest BCUT2D eigenvalue weighted by atomic mass is 9.96. The Morgan fingerprint density at radius 3 is 2.39 bits per heavy atom. The molecule has 0 aromatic heterocycles. The molecule has 2 N–H and O–H groups in total. The van der Waals surface area contributed by atoms with E-state index in [0.717, 1.165) is 11.4 Å². The summed E-state index contributed by atoms with van der Waals surface area (Å²) in [7, 11) is 0. The van der Waals surface area contributed by atoms with Crippen LogP contribution >= 0.6 is 0 Å². The average Bonchev–Trinajstić information content (AvgIpc) is 2.31. The van der Waals surface area contributed by atoms with Crippen LogP contribution < -0.4 is 10.1 Å². The van der Waals surface area contributed by atoms with Crippen LogP contribution in [0.25, 0.3) is 0 Å². The molecule has 100 valence electrons. The molecule has 0 spiro atoms. The fourth-order valence-corrected chi connectivity index (χ4v) is 1.67. The lowest BCUT2D eigenvalue weighted by Gasteiger charge is -2.17. The molecule has 1 aromatic carbocycles. The van der Waals surface area contributed by atoms with E-state index in [9.17, 15) is 4.79 Å². The highest BCUT2D eigenvalue weighted by molar-refractivity contribution is 5.71. The van der Waals surface area contributed by atoms with Crippen molar-refractivity contribution >= 4 is 11.7 Å². The van der Waals surface area contributed by atoms with Gasteiger partial charge in [-0.15, -0.1) is 0 Å². The van der Waals surface area contributed by atoms with Gasteiger partial charge in [0.25, 0.3) is 0 Å². The summed E-state index contributed by atoms with van der Waals surface area (Å²) < 4.78 is 5.34. The van der Waals surface area contributed by atoms with Crippen molar-refractivity contribution in [1.29, 1.82) is 0 Å². The van der Waals surface area contributed by atoms with Gasteiger partial charge in [0.1, 0.15) is 5.75 Å². The Hall–Kier alpha value is -1.71. The van der Waals surface area contributed by atoms with Gasteiger partial charge in [0.2, 0.25) is 0 Å². The van der Waals surface area contributed by atoms with Crippen molar-refractivity contribution in [2.24, 2.45) is 11.8 Å². The van der Waals surface area contributed by atoms with E-state index in [4.69, 9.17) is 9.84 Å². The van der Waals surface area contributed by atoms with Gasteiger partial charge in [-0.1, -0.05) is 13.8 Å². The molecule has 1 rings (SSSR count). The summed E-state index contributed by atoms with van der Waals surface area (Å²) in [5, 5.41) is 12.2. The van der Waals surface area contributed by atoms with Gasteiger partial charge < -0.3 is 15.2 Å². The first kappa shape index (κ1) is 14.4. The van der Waals surface area contributed by atoms with Gasteiger partial charge in [0.05, 0.1) is 12.5 Å². The molecule has 1 unspecified atom stereocenters. The molecule has 0 aliphatic rings. The number of hydrogen-bond acceptors (Lipinski definition) is 3. The second kappa shape index (κ2) is 6.89. The maximum Gasteiger partial charge on any atom is 0.308 e. The molecule has 0 saturated carbocycles. The highest BCUT2D eigenvalue weighted by Gasteiger charge is 2.20.